The molecule has 7 heteroatoms. The minimum Gasteiger partial charge on any atom is -0.491 e. The molecule has 1 saturated carbocycles. The highest BCUT2D eigenvalue weighted by atomic mass is 79.9. The topological polar surface area (TPSA) is 55.8 Å². The maximum absolute atomic E-state index is 14.3. The maximum Gasteiger partial charge on any atom is 0.302 e. The van der Waals surface area contributed by atoms with E-state index >= 15 is 0 Å². The molecule has 0 bridgehead atoms. The highest BCUT2D eigenvalue weighted by Gasteiger charge is 2.38. The molecule has 3 atom stereocenters. The van der Waals surface area contributed by atoms with E-state index in [1.165, 1.54) is 31.4 Å². The zero-order valence-corrected chi connectivity index (χ0v) is 17.3. The lowest BCUT2D eigenvalue weighted by atomic mass is 9.90. The molecule has 0 N–H and O–H groups in total. The molecule has 0 aromatic heterocycles. The van der Waals surface area contributed by atoms with Crippen molar-refractivity contribution in [3.63, 3.8) is 0 Å². The number of esters is 1. The van der Waals surface area contributed by atoms with Gasteiger partial charge in [0.1, 0.15) is 25.1 Å². The number of carbonyl (C=O) groups excluding carboxylic acids is 2. The molecule has 28 heavy (non-hydrogen) atoms. The van der Waals surface area contributed by atoms with E-state index in [9.17, 15) is 14.0 Å². The van der Waals surface area contributed by atoms with Gasteiger partial charge in [-0.2, -0.15) is 0 Å². The van der Waals surface area contributed by atoms with Crippen LogP contribution in [0.4, 0.5) is 4.39 Å². The fraction of sp³-hybridized carbons (Fsp3) is 0.524. The Morgan fingerprint density at radius 3 is 2.89 bits per heavy atom. The van der Waals surface area contributed by atoms with E-state index in [-0.39, 0.29) is 29.7 Å². The van der Waals surface area contributed by atoms with Crippen LogP contribution in [0.5, 0.6) is 5.75 Å². The molecule has 2 aliphatic carbocycles. The van der Waals surface area contributed by atoms with Gasteiger partial charge in [0.25, 0.3) is 5.91 Å². The molecule has 1 aromatic rings. The summed E-state index contributed by atoms with van der Waals surface area (Å²) in [6.45, 7) is 2.09. The van der Waals surface area contributed by atoms with Crippen LogP contribution < -0.4 is 4.74 Å². The van der Waals surface area contributed by atoms with Crippen LogP contribution in [0.15, 0.2) is 30.0 Å². The molecule has 1 fully saturated rings. The molecule has 150 valence electrons. The van der Waals surface area contributed by atoms with Crippen LogP contribution >= 0.6 is 15.9 Å². The quantitative estimate of drug-likeness (QED) is 0.513. The minimum absolute atomic E-state index is 0.0991. The Labute approximate surface area is 172 Å². The van der Waals surface area contributed by atoms with E-state index in [2.05, 4.69) is 15.9 Å². The van der Waals surface area contributed by atoms with Crippen molar-refractivity contribution >= 4 is 27.8 Å². The second-order valence-electron chi connectivity index (χ2n) is 7.60. The van der Waals surface area contributed by atoms with E-state index in [1.807, 2.05) is 18.2 Å². The SMILES string of the molecule is CC(=O)OC[C@H]1C(N2CCOc3cc(C4CC4)ccc3C2=O)=C[C@@H](F)CC1Br. The summed E-state index contributed by atoms with van der Waals surface area (Å²) in [6, 6.07) is 5.76. The lowest BCUT2D eigenvalue weighted by Gasteiger charge is -2.36. The Kier molecular flexibility index (Phi) is 5.45. The van der Waals surface area contributed by atoms with Gasteiger partial charge in [0, 0.05) is 23.4 Å². The molecule has 0 saturated heterocycles. The normalized spacial score (nSPS) is 27.4. The van der Waals surface area contributed by atoms with E-state index in [0.717, 1.165) is 0 Å². The zero-order valence-electron chi connectivity index (χ0n) is 15.7. The van der Waals surface area contributed by atoms with Crippen molar-refractivity contribution in [2.75, 3.05) is 19.8 Å². The molecule has 0 spiro atoms. The first-order chi connectivity index (χ1) is 13.4. The second-order valence-corrected chi connectivity index (χ2v) is 8.78. The molecular formula is C21H23BrFNO4. The van der Waals surface area contributed by atoms with Crippen LogP contribution in [-0.2, 0) is 9.53 Å². The zero-order chi connectivity index (χ0) is 19.8. The Morgan fingerprint density at radius 2 is 2.18 bits per heavy atom. The molecule has 1 amide bonds. The molecule has 1 aliphatic heterocycles. The number of fused-ring (bicyclic) bond motifs is 1. The van der Waals surface area contributed by atoms with Crippen molar-refractivity contribution in [2.45, 2.75) is 43.1 Å². The van der Waals surface area contributed by atoms with E-state index in [1.54, 1.807) is 4.90 Å². The number of benzene rings is 1. The van der Waals surface area contributed by atoms with E-state index < -0.39 is 12.1 Å². The van der Waals surface area contributed by atoms with Gasteiger partial charge in [-0.1, -0.05) is 22.0 Å². The monoisotopic (exact) mass is 451 g/mol. The number of alkyl halides is 2. The first kappa shape index (κ1) is 19.4. The number of hydrogen-bond donors (Lipinski definition) is 0. The Bertz CT molecular complexity index is 823. The third-order valence-electron chi connectivity index (χ3n) is 5.50. The highest BCUT2D eigenvalue weighted by Crippen LogP contribution is 2.42. The Hall–Kier alpha value is -1.89. The van der Waals surface area contributed by atoms with Gasteiger partial charge in [0.2, 0.25) is 0 Å². The lowest BCUT2D eigenvalue weighted by molar-refractivity contribution is -0.142. The summed E-state index contributed by atoms with van der Waals surface area (Å²) in [5.74, 6) is 0.260. The molecule has 4 rings (SSSR count). The Morgan fingerprint density at radius 1 is 1.39 bits per heavy atom. The molecular weight excluding hydrogens is 429 g/mol. The average Bonchev–Trinajstić information content (AvgIpc) is 3.48. The predicted octanol–water partition coefficient (Wildman–Crippen LogP) is 3.97. The van der Waals surface area contributed by atoms with Gasteiger partial charge in [-0.25, -0.2) is 4.39 Å². The van der Waals surface area contributed by atoms with Gasteiger partial charge in [0.05, 0.1) is 12.1 Å². The van der Waals surface area contributed by atoms with Gasteiger partial charge < -0.3 is 14.4 Å². The molecule has 5 nitrogen and oxygen atoms in total. The minimum atomic E-state index is -1.17. The van der Waals surface area contributed by atoms with Gasteiger partial charge in [-0.3, -0.25) is 9.59 Å². The smallest absolute Gasteiger partial charge is 0.302 e. The van der Waals surface area contributed by atoms with Crippen LogP contribution in [0.1, 0.15) is 48.0 Å². The van der Waals surface area contributed by atoms with E-state index in [0.29, 0.717) is 36.1 Å². The molecule has 0 radical (unpaired) electrons. The van der Waals surface area contributed by atoms with E-state index in [4.69, 9.17) is 9.47 Å². The van der Waals surface area contributed by atoms with Crippen LogP contribution in [0.25, 0.3) is 0 Å². The van der Waals surface area contributed by atoms with Crippen molar-refractivity contribution in [3.8, 4) is 5.75 Å². The summed E-state index contributed by atoms with van der Waals surface area (Å²) in [7, 11) is 0. The predicted molar refractivity (Wildman–Crippen MR) is 105 cm³/mol. The summed E-state index contributed by atoms with van der Waals surface area (Å²) in [5.41, 5.74) is 2.24. The summed E-state index contributed by atoms with van der Waals surface area (Å²) in [5, 5.41) is 0. The van der Waals surface area contributed by atoms with Gasteiger partial charge in [0.15, 0.2) is 0 Å². The maximum atomic E-state index is 14.3. The van der Waals surface area contributed by atoms with Crippen molar-refractivity contribution in [3.05, 3.63) is 41.1 Å². The largest absolute Gasteiger partial charge is 0.491 e. The van der Waals surface area contributed by atoms with Crippen LogP contribution in [0, 0.1) is 5.92 Å². The molecule has 1 heterocycles. The molecule has 1 unspecified atom stereocenters. The number of carbonyl (C=O) groups is 2. The number of allylic oxidation sites excluding steroid dienone is 1. The standard InChI is InChI=1S/C21H23BrFNO4/c1-12(25)28-11-17-18(22)9-15(23)10-19(17)24-6-7-27-20-8-14(13-2-3-13)4-5-16(20)21(24)26/h4-5,8,10,13,15,17-18H,2-3,6-7,9,11H2,1H3/t15-,17+,18?/m0/s1. The first-order valence-electron chi connectivity index (χ1n) is 9.66. The second kappa shape index (κ2) is 7.85. The fourth-order valence-corrected chi connectivity index (χ4v) is 4.66. The van der Waals surface area contributed by atoms with Crippen molar-refractivity contribution < 1.29 is 23.5 Å². The van der Waals surface area contributed by atoms with Gasteiger partial charge >= 0.3 is 5.97 Å². The van der Waals surface area contributed by atoms with Crippen molar-refractivity contribution in [2.24, 2.45) is 5.92 Å². The highest BCUT2D eigenvalue weighted by molar-refractivity contribution is 9.09. The summed E-state index contributed by atoms with van der Waals surface area (Å²) < 4.78 is 25.4. The number of rotatable bonds is 4. The first-order valence-corrected chi connectivity index (χ1v) is 10.6. The van der Waals surface area contributed by atoms with Crippen molar-refractivity contribution in [1.82, 2.24) is 4.90 Å². The molecule has 3 aliphatic rings. The lowest BCUT2D eigenvalue weighted by Crippen LogP contribution is -2.42. The Balaban J connectivity index is 1.64. The van der Waals surface area contributed by atoms with Gasteiger partial charge in [-0.05, 0) is 49.0 Å². The number of nitrogens with zero attached hydrogens (tertiary/aromatic N) is 1. The summed E-state index contributed by atoms with van der Waals surface area (Å²) >= 11 is 3.51. The third-order valence-corrected chi connectivity index (χ3v) is 6.51. The van der Waals surface area contributed by atoms with Crippen LogP contribution in [-0.4, -0.2) is 47.5 Å². The number of ether oxygens (including phenoxy) is 2. The number of halogens is 2. The molecule has 1 aromatic carbocycles. The third kappa shape index (κ3) is 3.95. The number of hydrogen-bond acceptors (Lipinski definition) is 4. The van der Waals surface area contributed by atoms with Gasteiger partial charge in [-0.15, -0.1) is 0 Å². The average molecular weight is 452 g/mol. The summed E-state index contributed by atoms with van der Waals surface area (Å²) in [6.07, 6.45) is 2.94. The van der Waals surface area contributed by atoms with Crippen LogP contribution in [0.3, 0.4) is 0 Å². The van der Waals surface area contributed by atoms with Crippen LogP contribution in [0.2, 0.25) is 0 Å². The summed E-state index contributed by atoms with van der Waals surface area (Å²) in [4.78, 5) is 25.9. The van der Waals surface area contributed by atoms with Crippen molar-refractivity contribution in [1.29, 1.82) is 0 Å². The fourth-order valence-electron chi connectivity index (χ4n) is 3.87. The number of amides is 1.